The highest BCUT2D eigenvalue weighted by molar-refractivity contribution is 9.09. The third-order valence-electron chi connectivity index (χ3n) is 7.61. The smallest absolute Gasteiger partial charge is 0.147 e. The van der Waals surface area contributed by atoms with E-state index in [-0.39, 0.29) is 40.5 Å². The Hall–Kier alpha value is -2.71. The molecule has 4 aromatic carbocycles. The van der Waals surface area contributed by atoms with Crippen LogP contribution in [0, 0.1) is 0 Å². The number of rotatable bonds is 14. The van der Waals surface area contributed by atoms with E-state index in [1.807, 2.05) is 48.5 Å². The van der Waals surface area contributed by atoms with Crippen molar-refractivity contribution in [3.8, 4) is 23.0 Å². The van der Waals surface area contributed by atoms with Gasteiger partial charge in [-0.05, 0) is 47.2 Å². The maximum atomic E-state index is 13.5. The first-order chi connectivity index (χ1) is 21.1. The number of hydrogen-bond acceptors (Lipinski definition) is 5. The summed E-state index contributed by atoms with van der Waals surface area (Å²) in [6.45, 7) is 3.95. The summed E-state index contributed by atoms with van der Waals surface area (Å²) < 4.78 is 11.7. The van der Waals surface area contributed by atoms with Crippen molar-refractivity contribution in [1.82, 2.24) is 0 Å². The summed E-state index contributed by atoms with van der Waals surface area (Å²) in [7, 11) is 0. The molecule has 232 valence electrons. The van der Waals surface area contributed by atoms with Crippen LogP contribution in [0.25, 0.3) is 0 Å². The third-order valence-corrected chi connectivity index (χ3v) is 9.13. The summed E-state index contributed by atoms with van der Waals surface area (Å²) >= 11 is 19.8. The van der Waals surface area contributed by atoms with E-state index in [1.165, 1.54) is 11.1 Å². The highest BCUT2D eigenvalue weighted by atomic mass is 79.9. The van der Waals surface area contributed by atoms with Crippen molar-refractivity contribution in [3.63, 3.8) is 0 Å². The molecule has 0 radical (unpaired) electrons. The average Bonchev–Trinajstić information content (AvgIpc) is 3.03. The van der Waals surface area contributed by atoms with Gasteiger partial charge in [0.1, 0.15) is 52.0 Å². The van der Waals surface area contributed by atoms with Crippen molar-refractivity contribution >= 4 is 60.8 Å². The monoisotopic (exact) mass is 762 g/mol. The van der Waals surface area contributed by atoms with E-state index >= 15 is 0 Å². The maximum absolute atomic E-state index is 13.5. The van der Waals surface area contributed by atoms with Crippen molar-refractivity contribution in [2.45, 2.75) is 51.7 Å². The first-order valence-corrected chi connectivity index (χ1v) is 17.2. The molecule has 0 heterocycles. The predicted molar refractivity (Wildman–Crippen MR) is 185 cm³/mol. The number of phenols is 2. The normalized spacial score (nSPS) is 12.5. The van der Waals surface area contributed by atoms with E-state index in [0.717, 1.165) is 34.6 Å². The number of benzene rings is 4. The molecule has 0 saturated carbocycles. The minimum Gasteiger partial charge on any atom is -0.506 e. The Morgan fingerprint density at radius 1 is 0.636 bits per heavy atom. The van der Waals surface area contributed by atoms with Gasteiger partial charge >= 0.3 is 0 Å². The fraction of sp³-hybridized carbons (Fsp3) is 0.286. The van der Waals surface area contributed by atoms with Gasteiger partial charge in [0.25, 0.3) is 0 Å². The molecule has 0 fully saturated rings. The summed E-state index contributed by atoms with van der Waals surface area (Å²) in [5.41, 5.74) is 5.11. The number of hydrogen-bond donors (Lipinski definition) is 2. The molecule has 2 N–H and O–H groups in total. The highest BCUT2D eigenvalue weighted by Crippen LogP contribution is 2.44. The number of carbonyl (C=O) groups excluding carboxylic acids is 1. The fourth-order valence-corrected chi connectivity index (χ4v) is 6.24. The topological polar surface area (TPSA) is 76.0 Å². The van der Waals surface area contributed by atoms with Gasteiger partial charge in [-0.1, -0.05) is 130 Å². The van der Waals surface area contributed by atoms with Crippen LogP contribution in [0.15, 0.2) is 72.8 Å². The lowest BCUT2D eigenvalue weighted by molar-refractivity contribution is -0.121. The molecular weight excluding hydrogens is 731 g/mol. The minimum absolute atomic E-state index is 0.0378. The second-order valence-corrected chi connectivity index (χ2v) is 12.9. The SMILES string of the molecule is CC(C(=O)C(C)c1ccc(OCc2ccc(CCBr)cc2)c(Cl)c1O)c1ccc(OCc2ccc(CCBr)cc2)c(Cl)c1O. The minimum atomic E-state index is -0.722. The van der Waals surface area contributed by atoms with Gasteiger partial charge in [0.15, 0.2) is 0 Å². The van der Waals surface area contributed by atoms with Crippen molar-refractivity contribution in [2.24, 2.45) is 0 Å². The molecule has 0 aliphatic rings. The molecule has 9 heteroatoms. The number of halogens is 4. The second-order valence-electron chi connectivity index (χ2n) is 10.6. The number of Topliss-reactive ketones (excluding diaryl/α,β-unsaturated/α-hetero) is 1. The molecule has 0 spiro atoms. The number of alkyl halides is 2. The van der Waals surface area contributed by atoms with E-state index in [2.05, 4.69) is 31.9 Å². The Balaban J connectivity index is 1.42. The van der Waals surface area contributed by atoms with Crippen LogP contribution in [0.4, 0.5) is 0 Å². The second kappa shape index (κ2) is 16.0. The van der Waals surface area contributed by atoms with Crippen LogP contribution in [-0.2, 0) is 30.8 Å². The van der Waals surface area contributed by atoms with Crippen LogP contribution in [0.2, 0.25) is 10.0 Å². The zero-order valence-electron chi connectivity index (χ0n) is 24.5. The van der Waals surface area contributed by atoms with Crippen molar-refractivity contribution in [1.29, 1.82) is 0 Å². The molecule has 44 heavy (non-hydrogen) atoms. The summed E-state index contributed by atoms with van der Waals surface area (Å²) in [5.74, 6) is -1.45. The molecular formula is C35H34Br2Cl2O5. The van der Waals surface area contributed by atoms with E-state index in [1.54, 1.807) is 38.1 Å². The van der Waals surface area contributed by atoms with Crippen LogP contribution in [0.1, 0.15) is 59.1 Å². The molecule has 4 rings (SSSR count). The maximum Gasteiger partial charge on any atom is 0.147 e. The van der Waals surface area contributed by atoms with Crippen molar-refractivity contribution in [3.05, 3.63) is 116 Å². The molecule has 2 unspecified atom stereocenters. The molecule has 0 aromatic heterocycles. The summed E-state index contributed by atoms with van der Waals surface area (Å²) in [4.78, 5) is 13.5. The molecule has 0 amide bonds. The number of ketones is 1. The summed E-state index contributed by atoms with van der Waals surface area (Å²) in [6, 6.07) is 22.8. The van der Waals surface area contributed by atoms with Gasteiger partial charge in [-0.25, -0.2) is 0 Å². The van der Waals surface area contributed by atoms with Crippen LogP contribution < -0.4 is 9.47 Å². The Bertz CT molecular complexity index is 1460. The van der Waals surface area contributed by atoms with E-state index in [0.29, 0.717) is 22.6 Å². The van der Waals surface area contributed by atoms with E-state index < -0.39 is 11.8 Å². The standard InChI is InChI=1S/C35H34Br2Cl2O5/c1-21(27-11-13-29(31(38)34(27)41)43-19-25-7-3-23(4-8-25)15-17-36)33(40)22(2)28-12-14-30(32(39)35(28)42)44-20-26-9-5-24(6-10-26)16-18-37/h3-14,21-22,41-42H,15-20H2,1-2H3. The zero-order valence-corrected chi connectivity index (χ0v) is 29.1. The lowest BCUT2D eigenvalue weighted by Gasteiger charge is -2.21. The molecule has 0 saturated heterocycles. The molecule has 4 aromatic rings. The quantitative estimate of drug-likeness (QED) is 0.125. The Kier molecular flexibility index (Phi) is 12.4. The predicted octanol–water partition coefficient (Wildman–Crippen LogP) is 9.91. The largest absolute Gasteiger partial charge is 0.506 e. The van der Waals surface area contributed by atoms with Crippen molar-refractivity contribution in [2.75, 3.05) is 10.7 Å². The summed E-state index contributed by atoms with van der Waals surface area (Å²) in [6.07, 6.45) is 1.88. The number of phenolic OH excluding ortho intramolecular Hbond substituents is 2. The van der Waals surface area contributed by atoms with Crippen LogP contribution in [0.3, 0.4) is 0 Å². The molecule has 0 aliphatic carbocycles. The van der Waals surface area contributed by atoms with E-state index in [9.17, 15) is 15.0 Å². The van der Waals surface area contributed by atoms with E-state index in [4.69, 9.17) is 32.7 Å². The van der Waals surface area contributed by atoms with Gasteiger partial charge in [0.05, 0.1) is 0 Å². The van der Waals surface area contributed by atoms with Gasteiger partial charge in [-0.15, -0.1) is 0 Å². The molecule has 2 atom stereocenters. The number of aryl methyl sites for hydroxylation is 2. The fourth-order valence-electron chi connectivity index (χ4n) is 4.87. The zero-order chi connectivity index (χ0) is 31.8. The Morgan fingerprint density at radius 3 is 1.32 bits per heavy atom. The number of aromatic hydroxyl groups is 2. The molecule has 5 nitrogen and oxygen atoms in total. The number of ether oxygens (including phenoxy) is 2. The molecule has 0 bridgehead atoms. The molecule has 0 aliphatic heterocycles. The van der Waals surface area contributed by atoms with Gasteiger partial charge < -0.3 is 19.7 Å². The first-order valence-electron chi connectivity index (χ1n) is 14.2. The first kappa shape index (κ1) is 34.2. The number of carbonyl (C=O) groups is 1. The average molecular weight is 765 g/mol. The van der Waals surface area contributed by atoms with Crippen LogP contribution >= 0.6 is 55.1 Å². The van der Waals surface area contributed by atoms with Gasteiger partial charge in [-0.2, -0.15) is 0 Å². The van der Waals surface area contributed by atoms with Gasteiger partial charge in [0.2, 0.25) is 0 Å². The lowest BCUT2D eigenvalue weighted by atomic mass is 9.85. The van der Waals surface area contributed by atoms with Gasteiger partial charge in [-0.3, -0.25) is 4.79 Å². The van der Waals surface area contributed by atoms with Crippen LogP contribution in [0.5, 0.6) is 23.0 Å². The highest BCUT2D eigenvalue weighted by Gasteiger charge is 2.29. The Morgan fingerprint density at radius 2 is 0.977 bits per heavy atom. The Labute approximate surface area is 285 Å². The third kappa shape index (κ3) is 8.30. The lowest BCUT2D eigenvalue weighted by Crippen LogP contribution is -2.17. The van der Waals surface area contributed by atoms with Crippen LogP contribution in [-0.4, -0.2) is 26.7 Å². The van der Waals surface area contributed by atoms with Gasteiger partial charge in [0, 0.05) is 33.6 Å². The summed E-state index contributed by atoms with van der Waals surface area (Å²) in [5, 5.41) is 23.7. The van der Waals surface area contributed by atoms with Crippen molar-refractivity contribution < 1.29 is 24.5 Å².